The summed E-state index contributed by atoms with van der Waals surface area (Å²) in [5.41, 5.74) is 1.92. The molecule has 0 aliphatic rings. The van der Waals surface area contributed by atoms with Crippen LogP contribution >= 0.6 is 0 Å². The second kappa shape index (κ2) is 3.74. The van der Waals surface area contributed by atoms with Gasteiger partial charge in [0.25, 0.3) is 0 Å². The van der Waals surface area contributed by atoms with Crippen molar-refractivity contribution in [2.45, 2.75) is 26.1 Å². The van der Waals surface area contributed by atoms with Crippen LogP contribution in [0.5, 0.6) is 0 Å². The van der Waals surface area contributed by atoms with E-state index in [9.17, 15) is 0 Å². The minimum absolute atomic E-state index is 0.152. The second-order valence-electron chi connectivity index (χ2n) is 2.87. The quantitative estimate of drug-likeness (QED) is 0.449. The van der Waals surface area contributed by atoms with Crippen LogP contribution in [0.15, 0.2) is 24.9 Å². The summed E-state index contributed by atoms with van der Waals surface area (Å²) in [5.74, 6) is 0. The van der Waals surface area contributed by atoms with E-state index < -0.39 is 8.32 Å². The minimum Gasteiger partial charge on any atom is -0.408 e. The zero-order chi connectivity index (χ0) is 8.20. The molecule has 2 heteroatoms. The van der Waals surface area contributed by atoms with Gasteiger partial charge in [-0.05, 0) is 20.0 Å². The van der Waals surface area contributed by atoms with Crippen LogP contribution in [0.3, 0.4) is 0 Å². The van der Waals surface area contributed by atoms with Crippen LogP contribution in [-0.2, 0) is 4.43 Å². The summed E-state index contributed by atoms with van der Waals surface area (Å²) >= 11 is 0. The first kappa shape index (κ1) is 9.66. The van der Waals surface area contributed by atoms with E-state index in [1.165, 1.54) is 0 Å². The molecule has 0 aliphatic heterocycles. The highest BCUT2D eigenvalue weighted by Gasteiger charge is 2.18. The Morgan fingerprint density at radius 2 is 1.90 bits per heavy atom. The first-order chi connectivity index (χ1) is 4.52. The molecule has 0 radical (unpaired) electrons. The Hall–Kier alpha value is -0.343. The summed E-state index contributed by atoms with van der Waals surface area (Å²) in [7, 11) is -1.57. The van der Waals surface area contributed by atoms with E-state index in [4.69, 9.17) is 4.43 Å². The zero-order valence-electron chi connectivity index (χ0n) is 7.05. The van der Waals surface area contributed by atoms with E-state index in [-0.39, 0.29) is 6.10 Å². The van der Waals surface area contributed by atoms with Crippen molar-refractivity contribution >= 4 is 8.32 Å². The fourth-order valence-corrected chi connectivity index (χ4v) is 1.73. The van der Waals surface area contributed by atoms with Crippen molar-refractivity contribution in [2.75, 3.05) is 0 Å². The predicted octanol–water partition coefficient (Wildman–Crippen LogP) is 2.51. The van der Waals surface area contributed by atoms with Crippen molar-refractivity contribution in [2.24, 2.45) is 0 Å². The Morgan fingerprint density at radius 3 is 2.20 bits per heavy atom. The van der Waals surface area contributed by atoms with Crippen molar-refractivity contribution in [3.05, 3.63) is 24.9 Å². The van der Waals surface area contributed by atoms with E-state index >= 15 is 0 Å². The molecule has 0 N–H and O–H groups in total. The lowest BCUT2D eigenvalue weighted by Gasteiger charge is -2.21. The third-order valence-corrected chi connectivity index (χ3v) is 3.28. The minimum atomic E-state index is -1.57. The van der Waals surface area contributed by atoms with Gasteiger partial charge in [-0.2, -0.15) is 0 Å². The molecule has 0 bridgehead atoms. The topological polar surface area (TPSA) is 9.23 Å². The molecule has 0 aliphatic carbocycles. The molecule has 0 aromatic heterocycles. The van der Waals surface area contributed by atoms with E-state index in [0.717, 1.165) is 0 Å². The van der Waals surface area contributed by atoms with E-state index in [1.807, 2.05) is 12.6 Å². The van der Waals surface area contributed by atoms with Crippen molar-refractivity contribution in [1.29, 1.82) is 0 Å². The van der Waals surface area contributed by atoms with Gasteiger partial charge in [0.1, 0.15) is 0 Å². The smallest absolute Gasteiger partial charge is 0.211 e. The lowest BCUT2D eigenvalue weighted by molar-refractivity contribution is 0.266. The average Bonchev–Trinajstić information content (AvgIpc) is 1.87. The van der Waals surface area contributed by atoms with E-state index in [0.29, 0.717) is 0 Å². The Bertz CT molecular complexity index is 129. The standard InChI is InChI=1S/C8H16OSi/c1-6-8(3)9-10(4,5)7-2/h6-8H,1-2H2,3-5H3. The molecule has 0 amide bonds. The normalized spacial score (nSPS) is 14.3. The largest absolute Gasteiger partial charge is 0.408 e. The van der Waals surface area contributed by atoms with Crippen LogP contribution in [0.1, 0.15) is 6.92 Å². The molecule has 0 saturated heterocycles. The average molecular weight is 156 g/mol. The van der Waals surface area contributed by atoms with Gasteiger partial charge in [-0.15, -0.1) is 13.2 Å². The molecule has 0 saturated carbocycles. The molecule has 0 aromatic rings. The first-order valence-electron chi connectivity index (χ1n) is 3.46. The van der Waals surface area contributed by atoms with Gasteiger partial charge in [-0.25, -0.2) is 0 Å². The van der Waals surface area contributed by atoms with Gasteiger partial charge >= 0.3 is 0 Å². The van der Waals surface area contributed by atoms with Crippen LogP contribution in [-0.4, -0.2) is 14.4 Å². The molecule has 1 nitrogen and oxygen atoms in total. The highest BCUT2D eigenvalue weighted by Crippen LogP contribution is 2.08. The monoisotopic (exact) mass is 156 g/mol. The molecule has 0 fully saturated rings. The predicted molar refractivity (Wildman–Crippen MR) is 48.4 cm³/mol. The van der Waals surface area contributed by atoms with Gasteiger partial charge in [0, 0.05) is 0 Å². The van der Waals surface area contributed by atoms with Gasteiger partial charge in [0.2, 0.25) is 8.32 Å². The summed E-state index contributed by atoms with van der Waals surface area (Å²) < 4.78 is 5.64. The van der Waals surface area contributed by atoms with Crippen LogP contribution in [0, 0.1) is 0 Å². The first-order valence-corrected chi connectivity index (χ1v) is 6.44. The maximum atomic E-state index is 5.64. The molecule has 10 heavy (non-hydrogen) atoms. The fourth-order valence-electron chi connectivity index (χ4n) is 0.575. The van der Waals surface area contributed by atoms with Crippen LogP contribution in [0.25, 0.3) is 0 Å². The highest BCUT2D eigenvalue weighted by molar-refractivity contribution is 6.76. The van der Waals surface area contributed by atoms with Crippen molar-refractivity contribution < 1.29 is 4.43 Å². The molecule has 0 aromatic carbocycles. The SMILES string of the molecule is C=CC(C)O[Si](C)(C)C=C. The van der Waals surface area contributed by atoms with Gasteiger partial charge in [0.15, 0.2) is 0 Å². The van der Waals surface area contributed by atoms with Gasteiger partial charge in [-0.3, -0.25) is 0 Å². The summed E-state index contributed by atoms with van der Waals surface area (Å²) in [6.07, 6.45) is 1.96. The summed E-state index contributed by atoms with van der Waals surface area (Å²) in [6, 6.07) is 0. The summed E-state index contributed by atoms with van der Waals surface area (Å²) in [4.78, 5) is 0. The fraction of sp³-hybridized carbons (Fsp3) is 0.500. The van der Waals surface area contributed by atoms with E-state index in [1.54, 1.807) is 6.08 Å². The molecule has 1 atom stereocenters. The third-order valence-electron chi connectivity index (χ3n) is 1.31. The molecule has 0 heterocycles. The Kier molecular flexibility index (Phi) is 3.61. The molecular formula is C8H16OSi. The van der Waals surface area contributed by atoms with Gasteiger partial charge in [0.05, 0.1) is 6.10 Å². The summed E-state index contributed by atoms with van der Waals surface area (Å²) in [6.45, 7) is 13.6. The van der Waals surface area contributed by atoms with Crippen LogP contribution in [0.4, 0.5) is 0 Å². The second-order valence-corrected chi connectivity index (χ2v) is 6.72. The zero-order valence-corrected chi connectivity index (χ0v) is 8.05. The Balaban J connectivity index is 3.86. The van der Waals surface area contributed by atoms with Crippen LogP contribution < -0.4 is 0 Å². The highest BCUT2D eigenvalue weighted by atomic mass is 28.4. The lowest BCUT2D eigenvalue weighted by atomic mass is 10.4. The molecule has 1 unspecified atom stereocenters. The molecular weight excluding hydrogens is 140 g/mol. The van der Waals surface area contributed by atoms with E-state index in [2.05, 4.69) is 26.3 Å². The number of hydrogen-bond acceptors (Lipinski definition) is 1. The molecule has 0 spiro atoms. The lowest BCUT2D eigenvalue weighted by Crippen LogP contribution is -2.31. The number of hydrogen-bond donors (Lipinski definition) is 0. The molecule has 0 rings (SSSR count). The summed E-state index contributed by atoms with van der Waals surface area (Å²) in [5, 5.41) is 0. The Morgan fingerprint density at radius 1 is 1.40 bits per heavy atom. The van der Waals surface area contributed by atoms with Crippen molar-refractivity contribution in [3.8, 4) is 0 Å². The molecule has 58 valence electrons. The maximum Gasteiger partial charge on any atom is 0.211 e. The maximum absolute atomic E-state index is 5.64. The van der Waals surface area contributed by atoms with Gasteiger partial charge in [-0.1, -0.05) is 11.8 Å². The number of rotatable bonds is 4. The van der Waals surface area contributed by atoms with Crippen molar-refractivity contribution in [1.82, 2.24) is 0 Å². The Labute approximate surface area is 64.5 Å². The third kappa shape index (κ3) is 3.64. The van der Waals surface area contributed by atoms with Crippen molar-refractivity contribution in [3.63, 3.8) is 0 Å². The van der Waals surface area contributed by atoms with Gasteiger partial charge < -0.3 is 4.43 Å². The van der Waals surface area contributed by atoms with Crippen LogP contribution in [0.2, 0.25) is 13.1 Å².